The Labute approximate surface area is 148 Å². The molecule has 0 aromatic carbocycles. The molecule has 18 heteroatoms. The largest absolute Gasteiger partial charge is 0.408 e. The topological polar surface area (TPSA) is 236 Å². The molecule has 1 N–H and O–H groups in total. The molecule has 0 saturated carbocycles. The van der Waals surface area contributed by atoms with Crippen LogP contribution in [-0.2, 0) is 0 Å². The average Bonchev–Trinajstić information content (AvgIpc) is 3.15. The molecular formula is C10H3N10O8+. The molecule has 0 atom stereocenters. The molecule has 0 aliphatic heterocycles. The quantitative estimate of drug-likeness (QED) is 0.275. The van der Waals surface area contributed by atoms with Gasteiger partial charge in [-0.2, -0.15) is 5.10 Å². The molecule has 0 unspecified atom stereocenters. The maximum Gasteiger partial charge on any atom is 0.408 e. The molecular weight excluding hydrogens is 388 g/mol. The van der Waals surface area contributed by atoms with E-state index in [2.05, 4.69) is 20.2 Å². The van der Waals surface area contributed by atoms with Crippen LogP contribution >= 0.6 is 0 Å². The van der Waals surface area contributed by atoms with Gasteiger partial charge in [-0.3, -0.25) is 10.1 Å². The molecule has 0 amide bonds. The molecule has 0 bridgehead atoms. The highest BCUT2D eigenvalue weighted by molar-refractivity contribution is 5.84. The number of hydrogen-bond acceptors (Lipinski definition) is 11. The van der Waals surface area contributed by atoms with Gasteiger partial charge in [-0.25, -0.2) is 0 Å². The smallest absolute Gasteiger partial charge is 0.359 e. The number of nitrogens with one attached hydrogen (secondary N) is 1. The Hall–Kier alpha value is -4.90. The molecule has 4 aromatic rings. The molecule has 0 saturated heterocycles. The van der Waals surface area contributed by atoms with Crippen LogP contribution in [0, 0.1) is 40.5 Å². The van der Waals surface area contributed by atoms with Crippen molar-refractivity contribution >= 4 is 45.3 Å². The van der Waals surface area contributed by atoms with E-state index >= 15 is 0 Å². The Bertz CT molecular complexity index is 1280. The molecule has 4 heterocycles. The second kappa shape index (κ2) is 5.30. The van der Waals surface area contributed by atoms with Gasteiger partial charge in [-0.15, -0.1) is 4.52 Å². The lowest BCUT2D eigenvalue weighted by molar-refractivity contribution is -0.575. The third-order valence-electron chi connectivity index (χ3n) is 3.68. The van der Waals surface area contributed by atoms with Crippen molar-refractivity contribution in [2.24, 2.45) is 0 Å². The number of H-pyrrole nitrogens is 1. The zero-order valence-corrected chi connectivity index (χ0v) is 12.9. The van der Waals surface area contributed by atoms with E-state index < -0.39 is 48.5 Å². The lowest BCUT2D eigenvalue weighted by Gasteiger charge is -1.95. The highest BCUT2D eigenvalue weighted by Crippen LogP contribution is 2.28. The van der Waals surface area contributed by atoms with E-state index in [1.54, 1.807) is 0 Å². The van der Waals surface area contributed by atoms with Crippen molar-refractivity contribution in [2.75, 3.05) is 0 Å². The molecule has 140 valence electrons. The first-order valence-corrected chi connectivity index (χ1v) is 6.95. The van der Waals surface area contributed by atoms with Crippen molar-refractivity contribution in [1.82, 2.24) is 24.9 Å². The Morgan fingerprint density at radius 3 is 2.11 bits per heavy atom. The van der Waals surface area contributed by atoms with Crippen LogP contribution in [0.25, 0.3) is 22.2 Å². The van der Waals surface area contributed by atoms with Crippen LogP contribution in [0.3, 0.4) is 0 Å². The van der Waals surface area contributed by atoms with Gasteiger partial charge in [-0.1, -0.05) is 4.98 Å². The van der Waals surface area contributed by atoms with Gasteiger partial charge in [0.15, 0.2) is 5.52 Å². The first-order valence-electron chi connectivity index (χ1n) is 6.95. The van der Waals surface area contributed by atoms with Crippen molar-refractivity contribution in [3.8, 4) is 0 Å². The van der Waals surface area contributed by atoms with Crippen molar-refractivity contribution in [3.63, 3.8) is 0 Å². The molecule has 0 fully saturated rings. The zero-order chi connectivity index (χ0) is 20.3. The van der Waals surface area contributed by atoms with Gasteiger partial charge in [0.05, 0.1) is 11.0 Å². The minimum atomic E-state index is -0.980. The van der Waals surface area contributed by atoms with Gasteiger partial charge in [-0.05, 0) is 19.9 Å². The first kappa shape index (κ1) is 16.6. The SMILES string of the molecule is O=[N+]([O-])c1cc2c([nH]n3nc4c([N+](=O)[O-])cc([N+](=O)[O-])nc4[n+]23)c([N+](=O)[O-])n1. The minimum Gasteiger partial charge on any atom is -0.359 e. The number of pyridine rings is 2. The highest BCUT2D eigenvalue weighted by atomic mass is 16.6. The molecule has 4 rings (SSSR count). The van der Waals surface area contributed by atoms with Crippen molar-refractivity contribution < 1.29 is 24.2 Å². The molecule has 28 heavy (non-hydrogen) atoms. The normalized spacial score (nSPS) is 11.3. The number of fused-ring (bicyclic) bond motifs is 5. The standard InChI is InChI=1S/C10H3N10O8/c21-16(22)4-2-6(18(25)26)11-9-8(4)14-20-13-7-3(15(9)20)1-5(17(23)24)12-10(7)19(27)28/h1-2H,(H,13,14)/q+1. The number of rotatable bonds is 4. The molecule has 18 nitrogen and oxygen atoms in total. The summed E-state index contributed by atoms with van der Waals surface area (Å²) in [6.45, 7) is 0. The lowest BCUT2D eigenvalue weighted by Crippen LogP contribution is -2.27. The second-order valence-corrected chi connectivity index (χ2v) is 5.21. The third kappa shape index (κ3) is 2.14. The fourth-order valence-electron chi connectivity index (χ4n) is 2.60. The van der Waals surface area contributed by atoms with E-state index in [9.17, 15) is 40.5 Å². The van der Waals surface area contributed by atoms with Crippen LogP contribution in [0.1, 0.15) is 0 Å². The van der Waals surface area contributed by atoms with Crippen molar-refractivity contribution in [3.05, 3.63) is 52.6 Å². The molecule has 0 aliphatic rings. The average molecular weight is 391 g/mol. The highest BCUT2D eigenvalue weighted by Gasteiger charge is 2.34. The zero-order valence-electron chi connectivity index (χ0n) is 12.9. The monoisotopic (exact) mass is 391 g/mol. The van der Waals surface area contributed by atoms with Gasteiger partial charge in [0, 0.05) is 9.73 Å². The van der Waals surface area contributed by atoms with E-state index in [4.69, 9.17) is 0 Å². The summed E-state index contributed by atoms with van der Waals surface area (Å²) in [5.74, 6) is -2.67. The number of nitro groups is 4. The van der Waals surface area contributed by atoms with Crippen molar-refractivity contribution in [1.29, 1.82) is 0 Å². The van der Waals surface area contributed by atoms with E-state index in [1.807, 2.05) is 0 Å². The Kier molecular flexibility index (Phi) is 3.13. The fraction of sp³-hybridized carbons (Fsp3) is 0. The van der Waals surface area contributed by atoms with E-state index in [1.165, 1.54) is 0 Å². The summed E-state index contributed by atoms with van der Waals surface area (Å²) < 4.78 is 1.67. The van der Waals surface area contributed by atoms with E-state index in [0.29, 0.717) is 6.07 Å². The summed E-state index contributed by atoms with van der Waals surface area (Å²) in [5.41, 5.74) is -2.08. The van der Waals surface area contributed by atoms with Crippen LogP contribution in [0.15, 0.2) is 12.1 Å². The summed E-state index contributed by atoms with van der Waals surface area (Å²) >= 11 is 0. The Morgan fingerprint density at radius 2 is 1.54 bits per heavy atom. The van der Waals surface area contributed by atoms with E-state index in [0.717, 1.165) is 15.3 Å². The maximum absolute atomic E-state index is 11.2. The van der Waals surface area contributed by atoms with Gasteiger partial charge < -0.3 is 30.3 Å². The number of nitrogens with zero attached hydrogens (tertiary/aromatic N) is 9. The Morgan fingerprint density at radius 1 is 0.893 bits per heavy atom. The summed E-state index contributed by atoms with van der Waals surface area (Å²) in [6.07, 6.45) is 0. The van der Waals surface area contributed by atoms with Crippen LogP contribution in [0.4, 0.5) is 23.1 Å². The fourth-order valence-corrected chi connectivity index (χ4v) is 2.60. The Balaban J connectivity index is 2.24. The predicted octanol–water partition coefficient (Wildman–Crippen LogP) is -0.0229. The molecule has 0 spiro atoms. The van der Waals surface area contributed by atoms with Crippen LogP contribution in [-0.4, -0.2) is 44.6 Å². The lowest BCUT2D eigenvalue weighted by atomic mass is 10.3. The van der Waals surface area contributed by atoms with Crippen molar-refractivity contribution in [2.45, 2.75) is 0 Å². The summed E-state index contributed by atoms with van der Waals surface area (Å²) in [5, 5.41) is 50.8. The number of hydrogen-bond donors (Lipinski definition) is 1. The first-order chi connectivity index (χ1) is 13.2. The molecule has 0 radical (unpaired) electrons. The van der Waals surface area contributed by atoms with Gasteiger partial charge in [0.2, 0.25) is 5.52 Å². The third-order valence-corrected chi connectivity index (χ3v) is 3.68. The number of aromatic nitrogens is 6. The summed E-state index contributed by atoms with van der Waals surface area (Å²) in [6, 6.07) is 1.44. The molecule has 0 aliphatic carbocycles. The van der Waals surface area contributed by atoms with Gasteiger partial charge in [0.1, 0.15) is 6.07 Å². The molecule has 4 aromatic heterocycles. The predicted molar refractivity (Wildman–Crippen MR) is 82.4 cm³/mol. The maximum atomic E-state index is 11.2. The summed E-state index contributed by atoms with van der Waals surface area (Å²) in [4.78, 5) is 47.7. The van der Waals surface area contributed by atoms with Crippen LogP contribution < -0.4 is 4.52 Å². The summed E-state index contributed by atoms with van der Waals surface area (Å²) in [7, 11) is 0. The van der Waals surface area contributed by atoms with Crippen LogP contribution in [0.2, 0.25) is 0 Å². The van der Waals surface area contributed by atoms with E-state index in [-0.39, 0.29) is 16.6 Å². The number of aromatic amines is 1. The van der Waals surface area contributed by atoms with Gasteiger partial charge >= 0.3 is 28.8 Å². The second-order valence-electron chi connectivity index (χ2n) is 5.21. The van der Waals surface area contributed by atoms with Crippen LogP contribution in [0.5, 0.6) is 0 Å². The minimum absolute atomic E-state index is 0.238. The van der Waals surface area contributed by atoms with Gasteiger partial charge in [0.25, 0.3) is 5.52 Å².